The van der Waals surface area contributed by atoms with E-state index >= 15 is 0 Å². The Balaban J connectivity index is 1.81. The Morgan fingerprint density at radius 3 is 2.63 bits per heavy atom. The first-order valence-electron chi connectivity index (χ1n) is 7.48. The minimum Gasteiger partial charge on any atom is -0.309 e. The summed E-state index contributed by atoms with van der Waals surface area (Å²) in [7, 11) is 0. The number of nitrogens with one attached hydrogen (secondary N) is 1. The topological polar surface area (TPSA) is 12.0 Å². The third-order valence-corrected chi connectivity index (χ3v) is 5.71. The summed E-state index contributed by atoms with van der Waals surface area (Å²) in [6.45, 7) is 5.58. The van der Waals surface area contributed by atoms with Crippen LogP contribution in [0.1, 0.15) is 53.2 Å². The molecule has 1 nitrogen and oxygen atoms in total. The SMILES string of the molecule is Cc1cc(C)c2sc(CNC3CC3)c(C3CC3)c2c1. The quantitative estimate of drug-likeness (QED) is 0.853. The lowest BCUT2D eigenvalue weighted by Crippen LogP contribution is -2.15. The lowest BCUT2D eigenvalue weighted by molar-refractivity contribution is 0.691. The Bertz CT molecular complexity index is 632. The van der Waals surface area contributed by atoms with Crippen LogP contribution in [0.5, 0.6) is 0 Å². The van der Waals surface area contributed by atoms with E-state index in [2.05, 4.69) is 31.3 Å². The van der Waals surface area contributed by atoms with Gasteiger partial charge in [0.05, 0.1) is 0 Å². The number of fused-ring (bicyclic) bond motifs is 1. The van der Waals surface area contributed by atoms with E-state index in [1.54, 1.807) is 15.8 Å². The third-order valence-electron chi connectivity index (χ3n) is 4.35. The molecule has 1 aromatic carbocycles. The summed E-state index contributed by atoms with van der Waals surface area (Å²) in [4.78, 5) is 1.61. The molecule has 0 unspecified atom stereocenters. The third kappa shape index (κ3) is 2.21. The number of thiophene rings is 1. The van der Waals surface area contributed by atoms with Crippen molar-refractivity contribution >= 4 is 21.4 Å². The highest BCUT2D eigenvalue weighted by Gasteiger charge is 2.30. The Kier molecular flexibility index (Phi) is 2.71. The number of benzene rings is 1. The second-order valence-electron chi connectivity index (χ2n) is 6.33. The first-order chi connectivity index (χ1) is 9.22. The fraction of sp³-hybridized carbons (Fsp3) is 0.529. The van der Waals surface area contributed by atoms with E-state index in [-0.39, 0.29) is 0 Å². The molecule has 2 saturated carbocycles. The van der Waals surface area contributed by atoms with E-state index in [9.17, 15) is 0 Å². The molecule has 2 aliphatic carbocycles. The molecular formula is C17H21NS. The van der Waals surface area contributed by atoms with Gasteiger partial charge in [0.15, 0.2) is 0 Å². The second kappa shape index (κ2) is 4.32. The molecule has 19 heavy (non-hydrogen) atoms. The molecular weight excluding hydrogens is 250 g/mol. The van der Waals surface area contributed by atoms with Crippen molar-refractivity contribution < 1.29 is 0 Å². The molecule has 0 saturated heterocycles. The van der Waals surface area contributed by atoms with Gasteiger partial charge in [-0.25, -0.2) is 0 Å². The van der Waals surface area contributed by atoms with Crippen LogP contribution in [0, 0.1) is 13.8 Å². The Labute approximate surface area is 119 Å². The molecule has 0 atom stereocenters. The normalized spacial score (nSPS) is 19.3. The summed E-state index contributed by atoms with van der Waals surface area (Å²) in [5, 5.41) is 5.25. The van der Waals surface area contributed by atoms with E-state index < -0.39 is 0 Å². The van der Waals surface area contributed by atoms with Crippen molar-refractivity contribution in [2.24, 2.45) is 0 Å². The predicted molar refractivity (Wildman–Crippen MR) is 83.1 cm³/mol. The van der Waals surface area contributed by atoms with Gasteiger partial charge < -0.3 is 5.32 Å². The Morgan fingerprint density at radius 1 is 1.16 bits per heavy atom. The van der Waals surface area contributed by atoms with Gasteiger partial charge in [-0.1, -0.05) is 17.7 Å². The van der Waals surface area contributed by atoms with Crippen molar-refractivity contribution in [3.8, 4) is 0 Å². The van der Waals surface area contributed by atoms with Gasteiger partial charge in [-0.2, -0.15) is 0 Å². The number of hydrogen-bond donors (Lipinski definition) is 1. The van der Waals surface area contributed by atoms with E-state index in [0.717, 1.165) is 18.5 Å². The van der Waals surface area contributed by atoms with Gasteiger partial charge in [0.2, 0.25) is 0 Å². The molecule has 1 heterocycles. The highest BCUT2D eigenvalue weighted by atomic mass is 32.1. The number of rotatable bonds is 4. The molecule has 0 radical (unpaired) electrons. The predicted octanol–water partition coefficient (Wildman–Crippen LogP) is 4.65. The maximum Gasteiger partial charge on any atom is 0.0378 e. The summed E-state index contributed by atoms with van der Waals surface area (Å²) in [5.74, 6) is 0.853. The Morgan fingerprint density at radius 2 is 1.95 bits per heavy atom. The average molecular weight is 271 g/mol. The molecule has 0 bridgehead atoms. The molecule has 0 aliphatic heterocycles. The van der Waals surface area contributed by atoms with Crippen molar-refractivity contribution in [1.82, 2.24) is 5.32 Å². The standard InChI is InChI=1S/C17H21NS/c1-10-7-11(2)17-14(8-10)16(12-3-4-12)15(19-17)9-18-13-5-6-13/h7-8,12-13,18H,3-6,9H2,1-2H3. The van der Waals surface area contributed by atoms with Crippen molar-refractivity contribution in [1.29, 1.82) is 0 Å². The number of aryl methyl sites for hydroxylation is 2. The second-order valence-corrected chi connectivity index (χ2v) is 7.43. The monoisotopic (exact) mass is 271 g/mol. The molecule has 0 amide bonds. The fourth-order valence-corrected chi connectivity index (χ4v) is 4.38. The highest BCUT2D eigenvalue weighted by molar-refractivity contribution is 7.19. The highest BCUT2D eigenvalue weighted by Crippen LogP contribution is 2.48. The zero-order valence-electron chi connectivity index (χ0n) is 11.8. The van der Waals surface area contributed by atoms with E-state index in [1.807, 2.05) is 11.3 Å². The summed E-state index contributed by atoms with van der Waals surface area (Å²) in [6.07, 6.45) is 5.55. The van der Waals surface area contributed by atoms with E-state index in [1.165, 1.54) is 41.5 Å². The molecule has 1 aromatic heterocycles. The number of hydrogen-bond acceptors (Lipinski definition) is 2. The lowest BCUT2D eigenvalue weighted by Gasteiger charge is -2.05. The van der Waals surface area contributed by atoms with Crippen molar-refractivity contribution in [2.45, 2.75) is 58.0 Å². The molecule has 100 valence electrons. The Hall–Kier alpha value is -0.860. The average Bonchev–Trinajstić information content (AvgIpc) is 3.26. The van der Waals surface area contributed by atoms with Gasteiger partial charge in [-0.05, 0) is 62.0 Å². The van der Waals surface area contributed by atoms with Crippen LogP contribution < -0.4 is 5.32 Å². The van der Waals surface area contributed by atoms with Crippen LogP contribution in [-0.4, -0.2) is 6.04 Å². The zero-order chi connectivity index (χ0) is 13.0. The maximum absolute atomic E-state index is 3.70. The zero-order valence-corrected chi connectivity index (χ0v) is 12.6. The van der Waals surface area contributed by atoms with Crippen LogP contribution in [0.3, 0.4) is 0 Å². The molecule has 2 aliphatic rings. The first-order valence-corrected chi connectivity index (χ1v) is 8.30. The maximum atomic E-state index is 3.70. The van der Waals surface area contributed by atoms with Gasteiger partial charge in [0.25, 0.3) is 0 Å². The lowest BCUT2D eigenvalue weighted by atomic mass is 10.0. The van der Waals surface area contributed by atoms with Gasteiger partial charge in [0.1, 0.15) is 0 Å². The molecule has 1 N–H and O–H groups in total. The molecule has 2 fully saturated rings. The summed E-state index contributed by atoms with van der Waals surface area (Å²) >= 11 is 2.03. The molecule has 2 heteroatoms. The van der Waals surface area contributed by atoms with Gasteiger partial charge >= 0.3 is 0 Å². The summed E-state index contributed by atoms with van der Waals surface area (Å²) < 4.78 is 1.53. The fourth-order valence-electron chi connectivity index (χ4n) is 3.09. The van der Waals surface area contributed by atoms with Crippen LogP contribution in [0.25, 0.3) is 10.1 Å². The van der Waals surface area contributed by atoms with E-state index in [0.29, 0.717) is 0 Å². The minimum atomic E-state index is 0.806. The van der Waals surface area contributed by atoms with Crippen LogP contribution in [0.2, 0.25) is 0 Å². The minimum absolute atomic E-state index is 0.806. The molecule has 0 spiro atoms. The van der Waals surface area contributed by atoms with Crippen LogP contribution in [-0.2, 0) is 6.54 Å². The molecule has 4 rings (SSSR count). The van der Waals surface area contributed by atoms with Crippen molar-refractivity contribution in [3.05, 3.63) is 33.7 Å². The van der Waals surface area contributed by atoms with Crippen molar-refractivity contribution in [2.75, 3.05) is 0 Å². The van der Waals surface area contributed by atoms with Gasteiger partial charge in [-0.15, -0.1) is 11.3 Å². The molecule has 2 aromatic rings. The largest absolute Gasteiger partial charge is 0.309 e. The van der Waals surface area contributed by atoms with Crippen molar-refractivity contribution in [3.63, 3.8) is 0 Å². The smallest absolute Gasteiger partial charge is 0.0378 e. The van der Waals surface area contributed by atoms with Crippen LogP contribution in [0.15, 0.2) is 12.1 Å². The summed E-state index contributed by atoms with van der Waals surface area (Å²) in [6, 6.07) is 5.54. The van der Waals surface area contributed by atoms with Gasteiger partial charge in [0, 0.05) is 22.2 Å². The summed E-state index contributed by atoms with van der Waals surface area (Å²) in [5.41, 5.74) is 4.55. The van der Waals surface area contributed by atoms with Crippen LogP contribution >= 0.6 is 11.3 Å². The van der Waals surface area contributed by atoms with Gasteiger partial charge in [-0.3, -0.25) is 0 Å². The van der Waals surface area contributed by atoms with Crippen LogP contribution in [0.4, 0.5) is 0 Å². The first kappa shape index (κ1) is 11.9. The van der Waals surface area contributed by atoms with E-state index in [4.69, 9.17) is 0 Å².